The van der Waals surface area contributed by atoms with Gasteiger partial charge in [0, 0.05) is 24.9 Å². The number of unbranched alkanes of at least 4 members (excludes halogenated alkanes) is 1. The van der Waals surface area contributed by atoms with Gasteiger partial charge in [-0.3, -0.25) is 9.59 Å². The van der Waals surface area contributed by atoms with Gasteiger partial charge in [0.1, 0.15) is 5.75 Å². The second-order valence-electron chi connectivity index (χ2n) is 4.36. The number of carboxylic acids is 1. The van der Waals surface area contributed by atoms with Gasteiger partial charge < -0.3 is 15.2 Å². The second-order valence-corrected chi connectivity index (χ2v) is 4.36. The SMILES string of the molecule is O=C(O)CCCCC(=O)NCc1ccccc1OC(F)F. The van der Waals surface area contributed by atoms with Gasteiger partial charge >= 0.3 is 12.6 Å². The number of carboxylic acid groups (broad SMARTS) is 1. The van der Waals surface area contributed by atoms with Crippen LogP contribution in [0.5, 0.6) is 5.75 Å². The van der Waals surface area contributed by atoms with Crippen molar-refractivity contribution in [3.8, 4) is 5.75 Å². The zero-order valence-corrected chi connectivity index (χ0v) is 11.4. The Bertz CT molecular complexity index is 480. The van der Waals surface area contributed by atoms with Crippen molar-refractivity contribution in [1.29, 1.82) is 0 Å². The Balaban J connectivity index is 2.37. The van der Waals surface area contributed by atoms with E-state index >= 15 is 0 Å². The van der Waals surface area contributed by atoms with Gasteiger partial charge in [-0.25, -0.2) is 0 Å². The summed E-state index contributed by atoms with van der Waals surface area (Å²) in [5.41, 5.74) is 0.455. The Morgan fingerprint density at radius 1 is 1.19 bits per heavy atom. The summed E-state index contributed by atoms with van der Waals surface area (Å²) in [4.78, 5) is 21.9. The average Bonchev–Trinajstić information content (AvgIpc) is 2.42. The number of carbonyl (C=O) groups excluding carboxylic acids is 1. The van der Waals surface area contributed by atoms with Gasteiger partial charge in [0.25, 0.3) is 0 Å². The third-order valence-electron chi connectivity index (χ3n) is 2.71. The molecule has 0 unspecified atom stereocenters. The van der Waals surface area contributed by atoms with E-state index in [9.17, 15) is 18.4 Å². The standard InChI is InChI=1S/C14H17F2NO4/c15-14(16)21-11-6-2-1-5-10(11)9-17-12(18)7-3-4-8-13(19)20/h1-2,5-6,14H,3-4,7-9H2,(H,17,18)(H,19,20). The molecule has 0 radical (unpaired) electrons. The molecule has 0 spiro atoms. The van der Waals surface area contributed by atoms with Gasteiger partial charge in [-0.05, 0) is 18.9 Å². The van der Waals surface area contributed by atoms with E-state index in [1.165, 1.54) is 6.07 Å². The van der Waals surface area contributed by atoms with E-state index in [1.54, 1.807) is 18.2 Å². The zero-order chi connectivity index (χ0) is 15.7. The molecule has 7 heteroatoms. The summed E-state index contributed by atoms with van der Waals surface area (Å²) in [6, 6.07) is 6.21. The minimum Gasteiger partial charge on any atom is -0.481 e. The van der Waals surface area contributed by atoms with Crippen molar-refractivity contribution in [1.82, 2.24) is 5.32 Å². The lowest BCUT2D eigenvalue weighted by Crippen LogP contribution is -2.23. The Kier molecular flexibility index (Phi) is 7.14. The maximum absolute atomic E-state index is 12.2. The molecule has 0 heterocycles. The molecule has 0 fully saturated rings. The highest BCUT2D eigenvalue weighted by Gasteiger charge is 2.10. The number of para-hydroxylation sites is 1. The van der Waals surface area contributed by atoms with Gasteiger partial charge in [0.05, 0.1) is 0 Å². The monoisotopic (exact) mass is 301 g/mol. The zero-order valence-electron chi connectivity index (χ0n) is 11.4. The number of nitrogens with one attached hydrogen (secondary N) is 1. The van der Waals surface area contributed by atoms with Crippen molar-refractivity contribution in [3.63, 3.8) is 0 Å². The minimum absolute atomic E-state index is 0.0261. The van der Waals surface area contributed by atoms with E-state index in [4.69, 9.17) is 5.11 Å². The van der Waals surface area contributed by atoms with Gasteiger partial charge in [-0.15, -0.1) is 0 Å². The Hall–Kier alpha value is -2.18. The van der Waals surface area contributed by atoms with Crippen LogP contribution in [0.3, 0.4) is 0 Å². The van der Waals surface area contributed by atoms with Gasteiger partial charge in [-0.1, -0.05) is 18.2 Å². The number of amides is 1. The molecule has 0 saturated heterocycles. The first-order valence-electron chi connectivity index (χ1n) is 6.50. The highest BCUT2D eigenvalue weighted by molar-refractivity contribution is 5.76. The molecular formula is C14H17F2NO4. The fraction of sp³-hybridized carbons (Fsp3) is 0.429. The number of hydrogen-bond donors (Lipinski definition) is 2. The maximum Gasteiger partial charge on any atom is 0.387 e. The molecule has 21 heavy (non-hydrogen) atoms. The molecule has 116 valence electrons. The first-order valence-corrected chi connectivity index (χ1v) is 6.50. The van der Waals surface area contributed by atoms with E-state index in [2.05, 4.69) is 10.1 Å². The summed E-state index contributed by atoms with van der Waals surface area (Å²) in [6.45, 7) is -2.83. The van der Waals surface area contributed by atoms with Crippen LogP contribution >= 0.6 is 0 Å². The fourth-order valence-electron chi connectivity index (χ4n) is 1.70. The average molecular weight is 301 g/mol. The molecule has 1 rings (SSSR count). The molecule has 1 amide bonds. The van der Waals surface area contributed by atoms with E-state index in [0.29, 0.717) is 18.4 Å². The van der Waals surface area contributed by atoms with Crippen LogP contribution in [0.2, 0.25) is 0 Å². The molecule has 5 nitrogen and oxygen atoms in total. The quantitative estimate of drug-likeness (QED) is 0.687. The summed E-state index contributed by atoms with van der Waals surface area (Å²) < 4.78 is 28.8. The normalized spacial score (nSPS) is 10.4. The number of aliphatic carboxylic acids is 1. The topological polar surface area (TPSA) is 75.6 Å². The van der Waals surface area contributed by atoms with Crippen LogP contribution in [0.1, 0.15) is 31.2 Å². The molecular weight excluding hydrogens is 284 g/mol. The van der Waals surface area contributed by atoms with Crippen LogP contribution in [0.25, 0.3) is 0 Å². The molecule has 1 aromatic carbocycles. The summed E-state index contributed by atoms with van der Waals surface area (Å²) in [5, 5.41) is 11.0. The van der Waals surface area contributed by atoms with Crippen LogP contribution in [0.4, 0.5) is 8.78 Å². The van der Waals surface area contributed by atoms with E-state index in [1.807, 2.05) is 0 Å². The van der Waals surface area contributed by atoms with E-state index in [0.717, 1.165) is 0 Å². The maximum atomic E-state index is 12.2. The summed E-state index contributed by atoms with van der Waals surface area (Å²) in [5.74, 6) is -1.13. The van der Waals surface area contributed by atoms with Crippen LogP contribution < -0.4 is 10.1 Å². The number of halogens is 2. The lowest BCUT2D eigenvalue weighted by molar-refractivity contribution is -0.137. The van der Waals surface area contributed by atoms with Gasteiger partial charge in [0.2, 0.25) is 5.91 Å². The largest absolute Gasteiger partial charge is 0.481 e. The molecule has 0 saturated carbocycles. The Morgan fingerprint density at radius 3 is 2.52 bits per heavy atom. The lowest BCUT2D eigenvalue weighted by Gasteiger charge is -2.11. The highest BCUT2D eigenvalue weighted by atomic mass is 19.3. The smallest absolute Gasteiger partial charge is 0.387 e. The lowest BCUT2D eigenvalue weighted by atomic mass is 10.1. The Labute approximate surface area is 120 Å². The number of hydrogen-bond acceptors (Lipinski definition) is 3. The highest BCUT2D eigenvalue weighted by Crippen LogP contribution is 2.19. The van der Waals surface area contributed by atoms with E-state index < -0.39 is 12.6 Å². The summed E-state index contributed by atoms with van der Waals surface area (Å²) in [6.07, 6.45) is 1.12. The molecule has 0 aliphatic carbocycles. The van der Waals surface area contributed by atoms with Gasteiger partial charge in [0.15, 0.2) is 0 Å². The molecule has 1 aromatic rings. The van der Waals surface area contributed by atoms with Crippen molar-refractivity contribution in [2.75, 3.05) is 0 Å². The second kappa shape index (κ2) is 8.89. The van der Waals surface area contributed by atoms with Crippen molar-refractivity contribution in [3.05, 3.63) is 29.8 Å². The summed E-state index contributed by atoms with van der Waals surface area (Å²) in [7, 11) is 0. The molecule has 0 aliphatic rings. The van der Waals surface area contributed by atoms with Crippen molar-refractivity contribution >= 4 is 11.9 Å². The number of carbonyl (C=O) groups is 2. The number of alkyl halides is 2. The first-order chi connectivity index (χ1) is 9.99. The molecule has 0 bridgehead atoms. The first kappa shape index (κ1) is 16.9. The van der Waals surface area contributed by atoms with Crippen molar-refractivity contribution < 1.29 is 28.2 Å². The summed E-state index contributed by atoms with van der Waals surface area (Å²) >= 11 is 0. The predicted octanol–water partition coefficient (Wildman–Crippen LogP) is 2.55. The molecule has 2 N–H and O–H groups in total. The Morgan fingerprint density at radius 2 is 1.86 bits per heavy atom. The van der Waals surface area contributed by atoms with Crippen LogP contribution in [-0.2, 0) is 16.1 Å². The van der Waals surface area contributed by atoms with Gasteiger partial charge in [-0.2, -0.15) is 8.78 Å². The fourth-order valence-corrected chi connectivity index (χ4v) is 1.70. The molecule has 0 aliphatic heterocycles. The van der Waals surface area contributed by atoms with Crippen molar-refractivity contribution in [2.24, 2.45) is 0 Å². The van der Waals surface area contributed by atoms with Crippen LogP contribution in [0.15, 0.2) is 24.3 Å². The number of benzene rings is 1. The number of ether oxygens (including phenoxy) is 1. The number of rotatable bonds is 9. The van der Waals surface area contributed by atoms with Crippen molar-refractivity contribution in [2.45, 2.75) is 38.8 Å². The molecule has 0 atom stereocenters. The third-order valence-corrected chi connectivity index (χ3v) is 2.71. The predicted molar refractivity (Wildman–Crippen MR) is 71.0 cm³/mol. The van der Waals surface area contributed by atoms with Crippen LogP contribution in [0, 0.1) is 0 Å². The minimum atomic E-state index is -2.92. The molecule has 0 aromatic heterocycles. The van der Waals surface area contributed by atoms with E-state index in [-0.39, 0.29) is 31.0 Å². The van der Waals surface area contributed by atoms with Crippen LogP contribution in [-0.4, -0.2) is 23.6 Å². The third kappa shape index (κ3) is 7.24.